The number of carboxylic acid groups (broad SMARTS) is 1. The largest absolute Gasteiger partial charge is 0.477 e. The Morgan fingerprint density at radius 3 is 2.71 bits per heavy atom. The van der Waals surface area contributed by atoms with Crippen molar-refractivity contribution in [2.75, 3.05) is 32.2 Å². The molecule has 34 heavy (non-hydrogen) atoms. The molecule has 1 aliphatic rings. The van der Waals surface area contributed by atoms with Crippen molar-refractivity contribution < 1.29 is 14.6 Å². The van der Waals surface area contributed by atoms with Gasteiger partial charge in [-0.25, -0.2) is 19.4 Å². The molecule has 4 aromatic rings. The SMILES string of the molecule is COCCN(C)c1ccc(-c2ccc(-n3ncc4ccc(C(=O)O)nc43)cc2C2CCC2)cn1. The quantitative estimate of drug-likeness (QED) is 0.415. The molecule has 0 radical (unpaired) electrons. The van der Waals surface area contributed by atoms with E-state index >= 15 is 0 Å². The Labute approximate surface area is 197 Å². The standard InChI is InChI=1S/C26H27N5O3/c1-30(12-13-34-2)24-11-7-18(15-27-24)21-9-8-20(14-22(21)17-4-3-5-17)31-25-19(16-28-31)6-10-23(29-25)26(32)33/h6-11,14-17H,3-5,12-13H2,1-2H3,(H,32,33). The lowest BCUT2D eigenvalue weighted by atomic mass is 9.77. The van der Waals surface area contributed by atoms with Crippen molar-refractivity contribution in [3.63, 3.8) is 0 Å². The Morgan fingerprint density at radius 1 is 1.18 bits per heavy atom. The van der Waals surface area contributed by atoms with Crippen molar-refractivity contribution in [2.45, 2.75) is 25.2 Å². The van der Waals surface area contributed by atoms with Crippen LogP contribution in [0.3, 0.4) is 0 Å². The van der Waals surface area contributed by atoms with Crippen LogP contribution in [0.4, 0.5) is 5.82 Å². The first-order chi connectivity index (χ1) is 16.5. The number of aromatic nitrogens is 4. The van der Waals surface area contributed by atoms with Crippen molar-refractivity contribution in [3.05, 3.63) is 66.1 Å². The lowest BCUT2D eigenvalue weighted by Gasteiger charge is -2.28. The molecular weight excluding hydrogens is 430 g/mol. The minimum absolute atomic E-state index is 0.00622. The smallest absolute Gasteiger partial charge is 0.354 e. The zero-order valence-corrected chi connectivity index (χ0v) is 19.3. The van der Waals surface area contributed by atoms with E-state index in [9.17, 15) is 9.90 Å². The highest BCUT2D eigenvalue weighted by molar-refractivity contribution is 5.89. The van der Waals surface area contributed by atoms with Crippen LogP contribution in [-0.2, 0) is 4.74 Å². The second-order valence-electron chi connectivity index (χ2n) is 8.69. The number of benzene rings is 1. The lowest BCUT2D eigenvalue weighted by Crippen LogP contribution is -2.22. The first-order valence-electron chi connectivity index (χ1n) is 11.4. The molecule has 5 rings (SSSR count). The van der Waals surface area contributed by atoms with E-state index in [0.29, 0.717) is 18.2 Å². The van der Waals surface area contributed by atoms with Gasteiger partial charge >= 0.3 is 5.97 Å². The number of carboxylic acids is 1. The van der Waals surface area contributed by atoms with Gasteiger partial charge in [0.15, 0.2) is 11.3 Å². The molecule has 0 aliphatic heterocycles. The number of hydrogen-bond acceptors (Lipinski definition) is 6. The number of methoxy groups -OCH3 is 1. The van der Waals surface area contributed by atoms with Crippen LogP contribution < -0.4 is 4.90 Å². The van der Waals surface area contributed by atoms with E-state index in [1.165, 1.54) is 23.6 Å². The summed E-state index contributed by atoms with van der Waals surface area (Å²) in [6, 6.07) is 13.7. The fourth-order valence-electron chi connectivity index (χ4n) is 4.33. The summed E-state index contributed by atoms with van der Waals surface area (Å²) in [5.74, 6) is 0.346. The molecular formula is C26H27N5O3. The zero-order valence-electron chi connectivity index (χ0n) is 19.3. The number of rotatable bonds is 8. The number of aromatic carboxylic acids is 1. The van der Waals surface area contributed by atoms with E-state index in [0.717, 1.165) is 41.8 Å². The van der Waals surface area contributed by atoms with Crippen LogP contribution in [0.1, 0.15) is 41.2 Å². The van der Waals surface area contributed by atoms with Crippen LogP contribution in [0.2, 0.25) is 0 Å². The van der Waals surface area contributed by atoms with Crippen LogP contribution >= 0.6 is 0 Å². The summed E-state index contributed by atoms with van der Waals surface area (Å²) in [6.45, 7) is 1.43. The zero-order chi connectivity index (χ0) is 23.7. The average Bonchev–Trinajstić information content (AvgIpc) is 3.25. The molecule has 0 spiro atoms. The number of anilines is 1. The van der Waals surface area contributed by atoms with Crippen molar-refractivity contribution >= 4 is 22.8 Å². The van der Waals surface area contributed by atoms with Gasteiger partial charge in [-0.1, -0.05) is 12.5 Å². The molecule has 1 N–H and O–H groups in total. The molecule has 1 fully saturated rings. The van der Waals surface area contributed by atoms with Gasteiger partial charge in [-0.15, -0.1) is 0 Å². The van der Waals surface area contributed by atoms with Crippen molar-refractivity contribution in [1.82, 2.24) is 19.7 Å². The number of hydrogen-bond donors (Lipinski definition) is 1. The normalized spacial score (nSPS) is 13.7. The summed E-state index contributed by atoms with van der Waals surface area (Å²) in [5.41, 5.74) is 4.93. The number of carbonyl (C=O) groups is 1. The Balaban J connectivity index is 1.52. The fourth-order valence-corrected chi connectivity index (χ4v) is 4.33. The summed E-state index contributed by atoms with van der Waals surface area (Å²) < 4.78 is 6.89. The van der Waals surface area contributed by atoms with Crippen molar-refractivity contribution in [2.24, 2.45) is 0 Å². The van der Waals surface area contributed by atoms with Crippen molar-refractivity contribution in [3.8, 4) is 16.8 Å². The fraction of sp³-hybridized carbons (Fsp3) is 0.308. The van der Waals surface area contributed by atoms with Gasteiger partial charge in [-0.2, -0.15) is 5.10 Å². The molecule has 1 aromatic carbocycles. The molecule has 0 atom stereocenters. The van der Waals surface area contributed by atoms with Crippen molar-refractivity contribution in [1.29, 1.82) is 0 Å². The van der Waals surface area contributed by atoms with Crippen LogP contribution in [0.25, 0.3) is 27.8 Å². The highest BCUT2D eigenvalue weighted by Gasteiger charge is 2.24. The van der Waals surface area contributed by atoms with Gasteiger partial charge < -0.3 is 14.7 Å². The Hall–Kier alpha value is -3.78. The number of ether oxygens (including phenoxy) is 1. The number of nitrogens with zero attached hydrogens (tertiary/aromatic N) is 5. The van der Waals surface area contributed by atoms with Gasteiger partial charge in [0, 0.05) is 37.8 Å². The van der Waals surface area contributed by atoms with Crippen LogP contribution in [0.5, 0.6) is 0 Å². The van der Waals surface area contributed by atoms with E-state index in [2.05, 4.69) is 38.2 Å². The lowest BCUT2D eigenvalue weighted by molar-refractivity contribution is 0.0691. The maximum atomic E-state index is 11.4. The van der Waals surface area contributed by atoms with E-state index < -0.39 is 5.97 Å². The molecule has 1 aliphatic carbocycles. The van der Waals surface area contributed by atoms with Gasteiger partial charge in [0.05, 0.1) is 18.5 Å². The summed E-state index contributed by atoms with van der Waals surface area (Å²) in [4.78, 5) is 22.5. The summed E-state index contributed by atoms with van der Waals surface area (Å²) in [7, 11) is 3.71. The molecule has 174 valence electrons. The Kier molecular flexibility index (Phi) is 5.98. The topological polar surface area (TPSA) is 93.4 Å². The molecule has 8 heteroatoms. The molecule has 3 aromatic heterocycles. The van der Waals surface area contributed by atoms with E-state index in [1.807, 2.05) is 25.4 Å². The summed E-state index contributed by atoms with van der Waals surface area (Å²) in [6.07, 6.45) is 7.18. The minimum atomic E-state index is -1.05. The highest BCUT2D eigenvalue weighted by Crippen LogP contribution is 2.42. The van der Waals surface area contributed by atoms with Gasteiger partial charge in [0.25, 0.3) is 0 Å². The molecule has 3 heterocycles. The number of fused-ring (bicyclic) bond motifs is 1. The van der Waals surface area contributed by atoms with Crippen LogP contribution in [0.15, 0.2) is 54.9 Å². The number of pyridine rings is 2. The second-order valence-corrected chi connectivity index (χ2v) is 8.69. The monoisotopic (exact) mass is 457 g/mol. The predicted octanol–water partition coefficient (Wildman–Crippen LogP) is 4.53. The Morgan fingerprint density at radius 2 is 2.03 bits per heavy atom. The van der Waals surface area contributed by atoms with E-state index in [-0.39, 0.29) is 5.69 Å². The van der Waals surface area contributed by atoms with Gasteiger partial charge in [-0.3, -0.25) is 0 Å². The Bertz CT molecular complexity index is 1330. The average molecular weight is 458 g/mol. The first-order valence-corrected chi connectivity index (χ1v) is 11.4. The third-order valence-electron chi connectivity index (χ3n) is 6.54. The maximum absolute atomic E-state index is 11.4. The second kappa shape index (κ2) is 9.23. The predicted molar refractivity (Wildman–Crippen MR) is 131 cm³/mol. The number of likely N-dealkylation sites (N-methyl/N-ethyl adjacent to an activating group) is 1. The molecule has 0 amide bonds. The molecule has 1 saturated carbocycles. The minimum Gasteiger partial charge on any atom is -0.477 e. The maximum Gasteiger partial charge on any atom is 0.354 e. The van der Waals surface area contributed by atoms with Crippen LogP contribution in [-0.4, -0.2) is 58.1 Å². The van der Waals surface area contributed by atoms with Gasteiger partial charge in [0.2, 0.25) is 0 Å². The van der Waals surface area contributed by atoms with Crippen LogP contribution in [0, 0.1) is 0 Å². The summed E-state index contributed by atoms with van der Waals surface area (Å²) in [5, 5.41) is 14.7. The van der Waals surface area contributed by atoms with Gasteiger partial charge in [-0.05, 0) is 66.3 Å². The third kappa shape index (κ3) is 4.12. The third-order valence-corrected chi connectivity index (χ3v) is 6.54. The highest BCUT2D eigenvalue weighted by atomic mass is 16.5. The van der Waals surface area contributed by atoms with E-state index in [1.54, 1.807) is 24.1 Å². The molecule has 0 bridgehead atoms. The molecule has 0 saturated heterocycles. The van der Waals surface area contributed by atoms with Gasteiger partial charge in [0.1, 0.15) is 5.82 Å². The van der Waals surface area contributed by atoms with E-state index in [4.69, 9.17) is 4.74 Å². The molecule has 0 unspecified atom stereocenters. The summed E-state index contributed by atoms with van der Waals surface area (Å²) >= 11 is 0. The molecule has 8 nitrogen and oxygen atoms in total. The first kappa shape index (κ1) is 22.0.